The van der Waals surface area contributed by atoms with Gasteiger partial charge in [0.2, 0.25) is 0 Å². The van der Waals surface area contributed by atoms with Crippen molar-refractivity contribution in [3.63, 3.8) is 0 Å². The number of hydrogen-bond donors (Lipinski definition) is 3. The number of carbonyl (C=O) groups is 2. The fraction of sp³-hybridized carbons (Fsp3) is 0.120. The van der Waals surface area contributed by atoms with Crippen LogP contribution in [0.1, 0.15) is 44.9 Å². The van der Waals surface area contributed by atoms with Gasteiger partial charge in [-0.05, 0) is 42.8 Å². The zero-order valence-corrected chi connectivity index (χ0v) is 21.6. The van der Waals surface area contributed by atoms with Crippen LogP contribution in [0.3, 0.4) is 0 Å². The standard InChI is InChI=1S/C25H17Cl2F3N4O3S/c1-12(15-6-2-3-7-16(15)25(28,29)30)32-22(37)19-24(38-23(33-19)13-5-4-8-31-11-13)34-21(36)14-9-17(26)20(35)18(27)10-14/h2-12,35H,1H3,(H,32,37)(H,34,36). The molecule has 2 heterocycles. The number of anilines is 1. The predicted molar refractivity (Wildman–Crippen MR) is 139 cm³/mol. The molecular weight excluding hydrogens is 564 g/mol. The molecule has 13 heteroatoms. The van der Waals surface area contributed by atoms with E-state index >= 15 is 0 Å². The first kappa shape index (κ1) is 27.4. The van der Waals surface area contributed by atoms with E-state index in [2.05, 4.69) is 20.6 Å². The third-order valence-electron chi connectivity index (χ3n) is 5.34. The number of alkyl halides is 3. The van der Waals surface area contributed by atoms with E-state index in [9.17, 15) is 27.9 Å². The zero-order valence-electron chi connectivity index (χ0n) is 19.3. The van der Waals surface area contributed by atoms with Crippen molar-refractivity contribution < 1.29 is 27.9 Å². The molecule has 4 rings (SSSR count). The van der Waals surface area contributed by atoms with E-state index in [-0.39, 0.29) is 31.9 Å². The molecule has 0 aliphatic heterocycles. The van der Waals surface area contributed by atoms with Crippen molar-refractivity contribution in [2.24, 2.45) is 0 Å². The largest absolute Gasteiger partial charge is 0.505 e. The number of phenolic OH excluding ortho intramolecular Hbond substituents is 1. The predicted octanol–water partition coefficient (Wildman–Crippen LogP) is 6.98. The summed E-state index contributed by atoms with van der Waals surface area (Å²) in [4.78, 5) is 34.5. The summed E-state index contributed by atoms with van der Waals surface area (Å²) in [5, 5.41) is 14.9. The van der Waals surface area contributed by atoms with Crippen LogP contribution in [0.4, 0.5) is 18.2 Å². The lowest BCUT2D eigenvalue weighted by molar-refractivity contribution is -0.138. The number of rotatable bonds is 6. The zero-order chi connectivity index (χ0) is 27.6. The highest BCUT2D eigenvalue weighted by molar-refractivity contribution is 7.19. The van der Waals surface area contributed by atoms with Gasteiger partial charge in [-0.2, -0.15) is 13.2 Å². The van der Waals surface area contributed by atoms with E-state index in [1.165, 1.54) is 43.5 Å². The molecular formula is C25H17Cl2F3N4O3S. The summed E-state index contributed by atoms with van der Waals surface area (Å²) in [6.07, 6.45) is -1.56. The Balaban J connectivity index is 1.68. The average Bonchev–Trinajstić information content (AvgIpc) is 3.30. The Kier molecular flexibility index (Phi) is 7.91. The molecule has 0 aliphatic rings. The van der Waals surface area contributed by atoms with Gasteiger partial charge in [0.1, 0.15) is 10.0 Å². The van der Waals surface area contributed by atoms with E-state index < -0.39 is 35.3 Å². The van der Waals surface area contributed by atoms with Gasteiger partial charge in [-0.3, -0.25) is 14.6 Å². The van der Waals surface area contributed by atoms with E-state index in [0.29, 0.717) is 10.6 Å². The Morgan fingerprint density at radius 2 is 1.74 bits per heavy atom. The summed E-state index contributed by atoms with van der Waals surface area (Å²) in [5.74, 6) is -1.91. The number of pyridine rings is 1. The molecule has 0 spiro atoms. The van der Waals surface area contributed by atoms with Crippen LogP contribution < -0.4 is 10.6 Å². The molecule has 0 saturated heterocycles. The summed E-state index contributed by atoms with van der Waals surface area (Å²) in [5.41, 5.74) is -0.674. The second-order valence-corrected chi connectivity index (χ2v) is 9.77. The number of hydrogen-bond acceptors (Lipinski definition) is 6. The van der Waals surface area contributed by atoms with Gasteiger partial charge in [0.15, 0.2) is 11.4 Å². The highest BCUT2D eigenvalue weighted by Crippen LogP contribution is 2.37. The lowest BCUT2D eigenvalue weighted by Crippen LogP contribution is -2.29. The van der Waals surface area contributed by atoms with Crippen LogP contribution >= 0.6 is 34.5 Å². The number of nitrogens with zero attached hydrogens (tertiary/aromatic N) is 2. The second kappa shape index (κ2) is 11.0. The Labute approximate surface area is 228 Å². The summed E-state index contributed by atoms with van der Waals surface area (Å²) >= 11 is 12.8. The van der Waals surface area contributed by atoms with Crippen LogP contribution in [0.25, 0.3) is 10.6 Å². The van der Waals surface area contributed by atoms with Gasteiger partial charge < -0.3 is 15.7 Å². The third-order valence-corrected chi connectivity index (χ3v) is 6.93. The van der Waals surface area contributed by atoms with Crippen molar-refractivity contribution >= 4 is 51.4 Å². The maximum absolute atomic E-state index is 13.5. The number of carbonyl (C=O) groups excluding carboxylic acids is 2. The van der Waals surface area contributed by atoms with Crippen LogP contribution in [0.15, 0.2) is 60.9 Å². The van der Waals surface area contributed by atoms with Gasteiger partial charge in [0, 0.05) is 23.5 Å². The number of phenols is 1. The molecule has 7 nitrogen and oxygen atoms in total. The molecule has 2 amide bonds. The molecule has 38 heavy (non-hydrogen) atoms. The van der Waals surface area contributed by atoms with Crippen LogP contribution in [-0.4, -0.2) is 26.9 Å². The molecule has 0 fully saturated rings. The maximum atomic E-state index is 13.5. The summed E-state index contributed by atoms with van der Waals surface area (Å²) in [6, 6.07) is 9.60. The first-order valence-electron chi connectivity index (χ1n) is 10.8. The number of aromatic hydroxyl groups is 1. The van der Waals surface area contributed by atoms with Gasteiger partial charge in [0.05, 0.1) is 21.7 Å². The van der Waals surface area contributed by atoms with Crippen molar-refractivity contribution in [3.8, 4) is 16.3 Å². The van der Waals surface area contributed by atoms with Crippen molar-refractivity contribution in [3.05, 3.63) is 93.4 Å². The van der Waals surface area contributed by atoms with Crippen LogP contribution in [0.5, 0.6) is 5.75 Å². The number of amides is 2. The van der Waals surface area contributed by atoms with Crippen molar-refractivity contribution in [1.29, 1.82) is 0 Å². The molecule has 0 saturated carbocycles. The summed E-state index contributed by atoms with van der Waals surface area (Å²) in [7, 11) is 0. The molecule has 3 N–H and O–H groups in total. The van der Waals surface area contributed by atoms with E-state index in [1.54, 1.807) is 18.3 Å². The van der Waals surface area contributed by atoms with E-state index in [0.717, 1.165) is 17.4 Å². The summed E-state index contributed by atoms with van der Waals surface area (Å²) in [6.45, 7) is 1.41. The van der Waals surface area contributed by atoms with Gasteiger partial charge in [-0.25, -0.2) is 4.98 Å². The normalized spacial score (nSPS) is 12.2. The summed E-state index contributed by atoms with van der Waals surface area (Å²) < 4.78 is 40.5. The number of nitrogens with one attached hydrogen (secondary N) is 2. The first-order valence-corrected chi connectivity index (χ1v) is 12.4. The van der Waals surface area contributed by atoms with Crippen LogP contribution in [0, 0.1) is 0 Å². The number of benzene rings is 2. The minimum absolute atomic E-state index is 0.00652. The Hall–Kier alpha value is -3.67. The number of halogens is 5. The SMILES string of the molecule is CC(NC(=O)c1nc(-c2cccnc2)sc1NC(=O)c1cc(Cl)c(O)c(Cl)c1)c1ccccc1C(F)(F)F. The molecule has 0 aliphatic carbocycles. The van der Waals surface area contributed by atoms with Gasteiger partial charge >= 0.3 is 6.18 Å². The number of thiazole rings is 1. The Bertz CT molecular complexity index is 1490. The molecule has 1 atom stereocenters. The number of aromatic nitrogens is 2. The molecule has 0 radical (unpaired) electrons. The van der Waals surface area contributed by atoms with E-state index in [4.69, 9.17) is 23.2 Å². The molecule has 196 valence electrons. The van der Waals surface area contributed by atoms with Gasteiger partial charge in [0.25, 0.3) is 11.8 Å². The van der Waals surface area contributed by atoms with Crippen molar-refractivity contribution in [1.82, 2.24) is 15.3 Å². The minimum Gasteiger partial charge on any atom is -0.505 e. The van der Waals surface area contributed by atoms with Crippen molar-refractivity contribution in [2.45, 2.75) is 19.1 Å². The quantitative estimate of drug-likeness (QED) is 0.228. The highest BCUT2D eigenvalue weighted by Gasteiger charge is 2.35. The fourth-order valence-corrected chi connectivity index (χ4v) is 4.95. The van der Waals surface area contributed by atoms with Gasteiger partial charge in [-0.15, -0.1) is 0 Å². The first-order chi connectivity index (χ1) is 18.0. The van der Waals surface area contributed by atoms with Crippen molar-refractivity contribution in [2.75, 3.05) is 5.32 Å². The Morgan fingerprint density at radius 1 is 1.05 bits per heavy atom. The topological polar surface area (TPSA) is 104 Å². The second-order valence-electron chi connectivity index (χ2n) is 7.96. The average molecular weight is 581 g/mol. The molecule has 4 aromatic rings. The lowest BCUT2D eigenvalue weighted by atomic mass is 10.0. The molecule has 2 aromatic carbocycles. The molecule has 2 aromatic heterocycles. The van der Waals surface area contributed by atoms with Crippen LogP contribution in [0.2, 0.25) is 10.0 Å². The van der Waals surface area contributed by atoms with Gasteiger partial charge in [-0.1, -0.05) is 52.7 Å². The fourth-order valence-electron chi connectivity index (χ4n) is 3.52. The maximum Gasteiger partial charge on any atom is 0.416 e. The van der Waals surface area contributed by atoms with Crippen LogP contribution in [-0.2, 0) is 6.18 Å². The van der Waals surface area contributed by atoms with E-state index in [1.807, 2.05) is 0 Å². The monoisotopic (exact) mass is 580 g/mol. The Morgan fingerprint density at radius 3 is 2.37 bits per heavy atom. The third kappa shape index (κ3) is 5.90. The molecule has 1 unspecified atom stereocenters. The lowest BCUT2D eigenvalue weighted by Gasteiger charge is -2.19. The molecule has 0 bridgehead atoms. The minimum atomic E-state index is -4.62. The smallest absolute Gasteiger partial charge is 0.416 e. The highest BCUT2D eigenvalue weighted by atomic mass is 35.5.